The fourth-order valence-corrected chi connectivity index (χ4v) is 1.93. The monoisotopic (exact) mass is 260 g/mol. The number of rotatable bonds is 5. The molecule has 1 aromatic heterocycles. The summed E-state index contributed by atoms with van der Waals surface area (Å²) in [7, 11) is 1.88. The van der Waals surface area contributed by atoms with Gasteiger partial charge in [-0.15, -0.1) is 0 Å². The molecule has 0 atom stereocenters. The van der Waals surface area contributed by atoms with Gasteiger partial charge in [-0.25, -0.2) is 9.78 Å². The number of halogens is 1. The van der Waals surface area contributed by atoms with E-state index in [1.165, 1.54) is 12.3 Å². The van der Waals surface area contributed by atoms with Crippen molar-refractivity contribution in [3.8, 4) is 0 Å². The normalized spacial score (nSPS) is 10.2. The molecular formula is C10H13ClN2O2S. The maximum absolute atomic E-state index is 10.7. The summed E-state index contributed by atoms with van der Waals surface area (Å²) in [6, 6.07) is 1.42. The summed E-state index contributed by atoms with van der Waals surface area (Å²) < 4.78 is 0. The predicted molar refractivity (Wildman–Crippen MR) is 67.9 cm³/mol. The van der Waals surface area contributed by atoms with Crippen molar-refractivity contribution in [2.45, 2.75) is 0 Å². The summed E-state index contributed by atoms with van der Waals surface area (Å²) in [5.41, 5.74) is 0.104. The van der Waals surface area contributed by atoms with E-state index in [1.807, 2.05) is 18.2 Å². The number of carboxylic acids is 1. The highest BCUT2D eigenvalue weighted by molar-refractivity contribution is 7.98. The number of pyridine rings is 1. The second-order valence-electron chi connectivity index (χ2n) is 3.25. The van der Waals surface area contributed by atoms with Crippen molar-refractivity contribution in [1.29, 1.82) is 0 Å². The van der Waals surface area contributed by atoms with Crippen LogP contribution >= 0.6 is 23.4 Å². The van der Waals surface area contributed by atoms with Gasteiger partial charge in [-0.2, -0.15) is 11.8 Å². The zero-order valence-electron chi connectivity index (χ0n) is 9.11. The molecule has 6 heteroatoms. The molecule has 1 rings (SSSR count). The summed E-state index contributed by atoms with van der Waals surface area (Å²) in [5, 5.41) is 9.13. The van der Waals surface area contributed by atoms with E-state index in [0.717, 1.165) is 12.3 Å². The van der Waals surface area contributed by atoms with Gasteiger partial charge >= 0.3 is 5.97 Å². The van der Waals surface area contributed by atoms with Crippen LogP contribution in [0.5, 0.6) is 0 Å². The second kappa shape index (κ2) is 5.96. The lowest BCUT2D eigenvalue weighted by Gasteiger charge is -2.18. The summed E-state index contributed by atoms with van der Waals surface area (Å²) >= 11 is 7.70. The topological polar surface area (TPSA) is 53.4 Å². The van der Waals surface area contributed by atoms with Crippen molar-refractivity contribution in [3.63, 3.8) is 0 Å². The van der Waals surface area contributed by atoms with Gasteiger partial charge in [-0.05, 0) is 12.3 Å². The average molecular weight is 261 g/mol. The van der Waals surface area contributed by atoms with Crippen molar-refractivity contribution in [2.75, 3.05) is 30.5 Å². The summed E-state index contributed by atoms with van der Waals surface area (Å²) in [6.07, 6.45) is 3.34. The van der Waals surface area contributed by atoms with Crippen LogP contribution in [0.4, 0.5) is 5.82 Å². The summed E-state index contributed by atoms with van der Waals surface area (Å²) in [4.78, 5) is 16.7. The molecule has 0 saturated carbocycles. The Morgan fingerprint density at radius 2 is 2.38 bits per heavy atom. The first-order valence-electron chi connectivity index (χ1n) is 4.65. The van der Waals surface area contributed by atoms with E-state index >= 15 is 0 Å². The third-order valence-corrected chi connectivity index (χ3v) is 2.93. The summed E-state index contributed by atoms with van der Waals surface area (Å²) in [6.45, 7) is 0.820. The van der Waals surface area contributed by atoms with Gasteiger partial charge in [0.05, 0.1) is 10.6 Å². The van der Waals surface area contributed by atoms with Gasteiger partial charge in [0.2, 0.25) is 0 Å². The van der Waals surface area contributed by atoms with Crippen LogP contribution in [0, 0.1) is 0 Å². The van der Waals surface area contributed by atoms with Crippen molar-refractivity contribution in [2.24, 2.45) is 0 Å². The van der Waals surface area contributed by atoms with Crippen molar-refractivity contribution < 1.29 is 9.90 Å². The molecule has 0 aliphatic heterocycles. The highest BCUT2D eigenvalue weighted by Gasteiger charge is 2.11. The van der Waals surface area contributed by atoms with Crippen LogP contribution in [-0.2, 0) is 0 Å². The number of hydrogen-bond donors (Lipinski definition) is 1. The minimum absolute atomic E-state index is 0.104. The van der Waals surface area contributed by atoms with Gasteiger partial charge in [0.25, 0.3) is 0 Å². The lowest BCUT2D eigenvalue weighted by molar-refractivity contribution is 0.0696. The van der Waals surface area contributed by atoms with Crippen molar-refractivity contribution in [1.82, 2.24) is 4.98 Å². The Kier molecular flexibility index (Phi) is 4.89. The third-order valence-electron chi connectivity index (χ3n) is 2.06. The van der Waals surface area contributed by atoms with Crippen LogP contribution in [0.15, 0.2) is 12.3 Å². The molecule has 4 nitrogen and oxygen atoms in total. The third kappa shape index (κ3) is 3.28. The Morgan fingerprint density at radius 3 is 2.88 bits per heavy atom. The number of carboxylic acid groups (broad SMARTS) is 1. The summed E-state index contributed by atoms with van der Waals surface area (Å²) in [5.74, 6) is 0.559. The lowest BCUT2D eigenvalue weighted by atomic mass is 10.3. The zero-order chi connectivity index (χ0) is 12.1. The molecule has 0 aromatic carbocycles. The van der Waals surface area contributed by atoms with Crippen LogP contribution in [-0.4, -0.2) is 41.7 Å². The minimum atomic E-state index is -1.02. The maximum atomic E-state index is 10.7. The maximum Gasteiger partial charge on any atom is 0.337 e. The SMILES string of the molecule is CSCCN(C)c1ncc(C(=O)O)cc1Cl. The van der Waals surface area contributed by atoms with Gasteiger partial charge < -0.3 is 10.0 Å². The van der Waals surface area contributed by atoms with E-state index in [1.54, 1.807) is 11.8 Å². The second-order valence-corrected chi connectivity index (χ2v) is 4.64. The van der Waals surface area contributed by atoms with E-state index in [-0.39, 0.29) is 5.56 Å². The van der Waals surface area contributed by atoms with E-state index in [9.17, 15) is 4.79 Å². The fraction of sp³-hybridized carbons (Fsp3) is 0.400. The number of anilines is 1. The molecule has 0 radical (unpaired) electrons. The number of aromatic nitrogens is 1. The molecule has 0 spiro atoms. The molecule has 0 amide bonds. The Bertz CT molecular complexity index is 387. The molecule has 16 heavy (non-hydrogen) atoms. The molecule has 0 aliphatic rings. The number of aromatic carboxylic acids is 1. The molecular weight excluding hydrogens is 248 g/mol. The van der Waals surface area contributed by atoms with Gasteiger partial charge in [0, 0.05) is 25.5 Å². The smallest absolute Gasteiger partial charge is 0.337 e. The predicted octanol–water partition coefficient (Wildman–Crippen LogP) is 2.23. The Labute approximate surface area is 104 Å². The molecule has 0 saturated heterocycles. The van der Waals surface area contributed by atoms with Crippen LogP contribution in [0.25, 0.3) is 0 Å². The molecule has 1 heterocycles. The number of thioether (sulfide) groups is 1. The minimum Gasteiger partial charge on any atom is -0.478 e. The Morgan fingerprint density at radius 1 is 1.69 bits per heavy atom. The molecule has 88 valence electrons. The van der Waals surface area contributed by atoms with Crippen LogP contribution < -0.4 is 4.90 Å². The van der Waals surface area contributed by atoms with Crippen molar-refractivity contribution in [3.05, 3.63) is 22.8 Å². The lowest BCUT2D eigenvalue weighted by Crippen LogP contribution is -2.21. The Balaban J connectivity index is 2.85. The van der Waals surface area contributed by atoms with E-state index < -0.39 is 5.97 Å². The average Bonchev–Trinajstić information content (AvgIpc) is 2.25. The van der Waals surface area contributed by atoms with Gasteiger partial charge in [-0.1, -0.05) is 11.6 Å². The first-order chi connectivity index (χ1) is 7.56. The van der Waals surface area contributed by atoms with E-state index in [0.29, 0.717) is 10.8 Å². The van der Waals surface area contributed by atoms with Crippen LogP contribution in [0.2, 0.25) is 5.02 Å². The quantitative estimate of drug-likeness (QED) is 0.880. The fourth-order valence-electron chi connectivity index (χ4n) is 1.16. The molecule has 1 N–H and O–H groups in total. The van der Waals surface area contributed by atoms with Crippen LogP contribution in [0.1, 0.15) is 10.4 Å². The highest BCUT2D eigenvalue weighted by Crippen LogP contribution is 2.23. The molecule has 0 fully saturated rings. The first-order valence-corrected chi connectivity index (χ1v) is 6.42. The molecule has 0 bridgehead atoms. The standard InChI is InChI=1S/C10H13ClN2O2S/c1-13(3-4-16-2)9-8(11)5-7(6-12-9)10(14)15/h5-6H,3-4H2,1-2H3,(H,14,15). The molecule has 0 unspecified atom stereocenters. The largest absolute Gasteiger partial charge is 0.478 e. The number of hydrogen-bond acceptors (Lipinski definition) is 4. The van der Waals surface area contributed by atoms with Crippen LogP contribution in [0.3, 0.4) is 0 Å². The molecule has 0 aliphatic carbocycles. The number of nitrogens with zero attached hydrogens (tertiary/aromatic N) is 2. The van der Waals surface area contributed by atoms with E-state index in [2.05, 4.69) is 4.98 Å². The molecule has 1 aromatic rings. The van der Waals surface area contributed by atoms with Crippen molar-refractivity contribution >= 4 is 35.1 Å². The zero-order valence-corrected chi connectivity index (χ0v) is 10.7. The van der Waals surface area contributed by atoms with Gasteiger partial charge in [-0.3, -0.25) is 0 Å². The van der Waals surface area contributed by atoms with Gasteiger partial charge in [0.15, 0.2) is 0 Å². The van der Waals surface area contributed by atoms with E-state index in [4.69, 9.17) is 16.7 Å². The van der Waals surface area contributed by atoms with Gasteiger partial charge in [0.1, 0.15) is 5.82 Å². The first kappa shape index (κ1) is 13.1. The highest BCUT2D eigenvalue weighted by atomic mass is 35.5. The Hall–Kier alpha value is -0.940. The number of carbonyl (C=O) groups is 1.